The molecule has 3 nitrogen and oxygen atoms in total. The normalized spacial score (nSPS) is 15.8. The van der Waals surface area contributed by atoms with Crippen molar-refractivity contribution in [1.82, 2.24) is 5.32 Å². The van der Waals surface area contributed by atoms with Gasteiger partial charge in [0.1, 0.15) is 0 Å². The third-order valence-corrected chi connectivity index (χ3v) is 5.91. The fourth-order valence-corrected chi connectivity index (χ4v) is 4.27. The van der Waals surface area contributed by atoms with Crippen molar-refractivity contribution in [1.29, 1.82) is 0 Å². The molecule has 23 heavy (non-hydrogen) atoms. The molecule has 1 aliphatic rings. The Hall–Kier alpha value is -1.00. The molecule has 0 aliphatic heterocycles. The van der Waals surface area contributed by atoms with Gasteiger partial charge in [-0.2, -0.15) is 0 Å². The molecule has 0 atom stereocenters. The first-order valence-corrected chi connectivity index (χ1v) is 9.46. The number of hydrogen-bond acceptors (Lipinski definition) is 3. The van der Waals surface area contributed by atoms with Gasteiger partial charge in [-0.1, -0.05) is 38.3 Å². The number of aliphatic hydroxyl groups excluding tert-OH is 1. The summed E-state index contributed by atoms with van der Waals surface area (Å²) in [5, 5.41) is 12.8. The third-order valence-electron chi connectivity index (χ3n) is 4.49. The van der Waals surface area contributed by atoms with Crippen LogP contribution in [-0.4, -0.2) is 29.4 Å². The van der Waals surface area contributed by atoms with E-state index in [0.29, 0.717) is 18.2 Å². The molecule has 2 N–H and O–H groups in total. The Balaban J connectivity index is 2.07. The number of rotatable bonds is 7. The minimum absolute atomic E-state index is 0.000196. The van der Waals surface area contributed by atoms with Crippen molar-refractivity contribution in [2.45, 2.75) is 63.0 Å². The second-order valence-corrected chi connectivity index (χ2v) is 8.69. The van der Waals surface area contributed by atoms with Gasteiger partial charge in [0.15, 0.2) is 0 Å². The fraction of sp³-hybridized carbons (Fsp3) is 0.632. The Morgan fingerprint density at radius 2 is 2.04 bits per heavy atom. The predicted molar refractivity (Wildman–Crippen MR) is 97.1 cm³/mol. The first kappa shape index (κ1) is 18.3. The van der Waals surface area contributed by atoms with Crippen LogP contribution < -0.4 is 5.32 Å². The van der Waals surface area contributed by atoms with Crippen LogP contribution >= 0.6 is 11.8 Å². The van der Waals surface area contributed by atoms with E-state index in [2.05, 4.69) is 31.3 Å². The van der Waals surface area contributed by atoms with E-state index in [0.717, 1.165) is 16.0 Å². The topological polar surface area (TPSA) is 49.3 Å². The molecule has 128 valence electrons. The second-order valence-electron chi connectivity index (χ2n) is 7.34. The van der Waals surface area contributed by atoms with Crippen LogP contribution in [0.4, 0.5) is 0 Å². The monoisotopic (exact) mass is 335 g/mol. The highest BCUT2D eigenvalue weighted by molar-refractivity contribution is 8.00. The predicted octanol–water partition coefficient (Wildman–Crippen LogP) is 4.17. The van der Waals surface area contributed by atoms with Gasteiger partial charge in [0.2, 0.25) is 0 Å². The summed E-state index contributed by atoms with van der Waals surface area (Å²) in [5.41, 5.74) is 1.81. The van der Waals surface area contributed by atoms with Crippen LogP contribution in [0.15, 0.2) is 23.1 Å². The van der Waals surface area contributed by atoms with E-state index < -0.39 is 0 Å². The van der Waals surface area contributed by atoms with E-state index in [4.69, 9.17) is 5.11 Å². The standard InChI is InChI=1S/C19H29NO2S/c1-14-8-9-17(23-15-6-4-5-7-15)16(12-14)18(22)20-13-19(2,3)10-11-21/h8-9,12,15,21H,4-7,10-11,13H2,1-3H3,(H,20,22). The molecule has 1 amide bonds. The lowest BCUT2D eigenvalue weighted by molar-refractivity contribution is 0.0925. The summed E-state index contributed by atoms with van der Waals surface area (Å²) >= 11 is 1.86. The van der Waals surface area contributed by atoms with Crippen molar-refractivity contribution in [2.75, 3.05) is 13.2 Å². The van der Waals surface area contributed by atoms with Crippen LogP contribution in [0.3, 0.4) is 0 Å². The quantitative estimate of drug-likeness (QED) is 0.786. The second kappa shape index (κ2) is 8.20. The highest BCUT2D eigenvalue weighted by atomic mass is 32.2. The van der Waals surface area contributed by atoms with Gasteiger partial charge in [-0.05, 0) is 43.7 Å². The van der Waals surface area contributed by atoms with E-state index in [1.54, 1.807) is 0 Å². The number of carbonyl (C=O) groups is 1. The van der Waals surface area contributed by atoms with Crippen LogP contribution in [0.25, 0.3) is 0 Å². The summed E-state index contributed by atoms with van der Waals surface area (Å²) in [4.78, 5) is 13.8. The zero-order chi connectivity index (χ0) is 16.9. The molecule has 1 aromatic carbocycles. The molecule has 1 saturated carbocycles. The fourth-order valence-electron chi connectivity index (χ4n) is 2.92. The summed E-state index contributed by atoms with van der Waals surface area (Å²) in [6.07, 6.45) is 5.80. The van der Waals surface area contributed by atoms with E-state index in [1.807, 2.05) is 24.8 Å². The summed E-state index contributed by atoms with van der Waals surface area (Å²) in [7, 11) is 0. The number of carbonyl (C=O) groups excluding carboxylic acids is 1. The molecule has 0 radical (unpaired) electrons. The van der Waals surface area contributed by atoms with Gasteiger partial charge >= 0.3 is 0 Å². The van der Waals surface area contributed by atoms with Crippen molar-refractivity contribution in [3.8, 4) is 0 Å². The van der Waals surface area contributed by atoms with Crippen molar-refractivity contribution < 1.29 is 9.90 Å². The molecule has 0 heterocycles. The summed E-state index contributed by atoms with van der Waals surface area (Å²) < 4.78 is 0. The number of hydrogen-bond donors (Lipinski definition) is 2. The van der Waals surface area contributed by atoms with Crippen molar-refractivity contribution in [3.63, 3.8) is 0 Å². The lowest BCUT2D eigenvalue weighted by atomic mass is 9.89. The molecule has 0 aromatic heterocycles. The van der Waals surface area contributed by atoms with E-state index >= 15 is 0 Å². The van der Waals surface area contributed by atoms with E-state index in [1.165, 1.54) is 25.7 Å². The molecule has 2 rings (SSSR count). The maximum absolute atomic E-state index is 12.7. The molecule has 0 spiro atoms. The molecule has 1 aromatic rings. The summed E-state index contributed by atoms with van der Waals surface area (Å²) in [6, 6.07) is 6.17. The van der Waals surface area contributed by atoms with Crippen molar-refractivity contribution in [3.05, 3.63) is 29.3 Å². The van der Waals surface area contributed by atoms with Gasteiger partial charge in [-0.3, -0.25) is 4.79 Å². The Morgan fingerprint density at radius 3 is 2.70 bits per heavy atom. The SMILES string of the molecule is Cc1ccc(SC2CCCC2)c(C(=O)NCC(C)(C)CCO)c1. The minimum Gasteiger partial charge on any atom is -0.396 e. The third kappa shape index (κ3) is 5.54. The van der Waals surface area contributed by atoms with Crippen molar-refractivity contribution >= 4 is 17.7 Å². The largest absolute Gasteiger partial charge is 0.396 e. The van der Waals surface area contributed by atoms with E-state index in [9.17, 15) is 4.79 Å². The zero-order valence-corrected chi connectivity index (χ0v) is 15.3. The van der Waals surface area contributed by atoms with E-state index in [-0.39, 0.29) is 17.9 Å². The molecule has 1 aliphatic carbocycles. The average Bonchev–Trinajstić information content (AvgIpc) is 3.00. The van der Waals surface area contributed by atoms with Gasteiger partial charge in [-0.25, -0.2) is 0 Å². The molecule has 1 fully saturated rings. The first-order chi connectivity index (χ1) is 10.9. The molecule has 0 saturated heterocycles. The minimum atomic E-state index is -0.0903. The highest BCUT2D eigenvalue weighted by Gasteiger charge is 2.22. The molecular weight excluding hydrogens is 306 g/mol. The number of nitrogens with one attached hydrogen (secondary N) is 1. The van der Waals surface area contributed by atoms with Crippen LogP contribution in [0, 0.1) is 12.3 Å². The van der Waals surface area contributed by atoms with Gasteiger partial charge in [0.25, 0.3) is 5.91 Å². The molecule has 4 heteroatoms. The average molecular weight is 336 g/mol. The van der Waals surface area contributed by atoms with Gasteiger partial charge in [0.05, 0.1) is 5.56 Å². The van der Waals surface area contributed by atoms with Crippen LogP contribution in [0.1, 0.15) is 61.9 Å². The van der Waals surface area contributed by atoms with Crippen molar-refractivity contribution in [2.24, 2.45) is 5.41 Å². The smallest absolute Gasteiger partial charge is 0.252 e. The Morgan fingerprint density at radius 1 is 1.35 bits per heavy atom. The number of aliphatic hydroxyl groups is 1. The molecule has 0 bridgehead atoms. The summed E-state index contributed by atoms with van der Waals surface area (Å²) in [5.74, 6) is 0.000196. The van der Waals surface area contributed by atoms with Gasteiger partial charge in [-0.15, -0.1) is 11.8 Å². The van der Waals surface area contributed by atoms with Gasteiger partial charge < -0.3 is 10.4 Å². The lowest BCUT2D eigenvalue weighted by Crippen LogP contribution is -2.34. The highest BCUT2D eigenvalue weighted by Crippen LogP contribution is 2.36. The Bertz CT molecular complexity index is 536. The van der Waals surface area contributed by atoms with Gasteiger partial charge in [0, 0.05) is 23.3 Å². The van der Waals surface area contributed by atoms with Crippen LogP contribution in [0.5, 0.6) is 0 Å². The van der Waals surface area contributed by atoms with Crippen LogP contribution in [0.2, 0.25) is 0 Å². The Kier molecular flexibility index (Phi) is 6.54. The summed E-state index contributed by atoms with van der Waals surface area (Å²) in [6.45, 7) is 6.88. The molecule has 0 unspecified atom stereocenters. The zero-order valence-electron chi connectivity index (χ0n) is 14.5. The maximum Gasteiger partial charge on any atom is 0.252 e. The number of benzene rings is 1. The first-order valence-electron chi connectivity index (χ1n) is 8.58. The molecular formula is C19H29NO2S. The number of thioether (sulfide) groups is 1. The van der Waals surface area contributed by atoms with Crippen LogP contribution in [-0.2, 0) is 0 Å². The number of amides is 1. The number of aryl methyl sites for hydroxylation is 1. The maximum atomic E-state index is 12.7. The Labute approximate surface area is 144 Å². The lowest BCUT2D eigenvalue weighted by Gasteiger charge is -2.24.